The fourth-order valence-corrected chi connectivity index (χ4v) is 1.49. The van der Waals surface area contributed by atoms with Gasteiger partial charge >= 0.3 is 0 Å². The molecule has 0 fully saturated rings. The third-order valence-electron chi connectivity index (χ3n) is 1.15. The van der Waals surface area contributed by atoms with E-state index in [0.717, 1.165) is 0 Å². The van der Waals surface area contributed by atoms with Gasteiger partial charge in [-0.05, 0) is 0 Å². The lowest BCUT2D eigenvalue weighted by Crippen LogP contribution is -2.29. The van der Waals surface area contributed by atoms with Crippen LogP contribution in [0.3, 0.4) is 0 Å². The van der Waals surface area contributed by atoms with Gasteiger partial charge in [0.25, 0.3) is 0 Å². The van der Waals surface area contributed by atoms with Crippen LogP contribution in [0.5, 0.6) is 0 Å². The van der Waals surface area contributed by atoms with E-state index >= 15 is 0 Å². The van der Waals surface area contributed by atoms with Gasteiger partial charge in [-0.2, -0.15) is 4.31 Å². The van der Waals surface area contributed by atoms with Crippen LogP contribution in [0, 0.1) is 0 Å². The molecular weight excluding hydrogens is 150 g/mol. The monoisotopic (exact) mass is 163 g/mol. The van der Waals surface area contributed by atoms with Crippen molar-refractivity contribution in [3.8, 4) is 0 Å². The van der Waals surface area contributed by atoms with Gasteiger partial charge in [0, 0.05) is 13.1 Å². The molecule has 0 aromatic heterocycles. The van der Waals surface area contributed by atoms with Gasteiger partial charge in [0.1, 0.15) is 0 Å². The van der Waals surface area contributed by atoms with Crippen LogP contribution >= 0.6 is 0 Å². The minimum absolute atomic E-state index is 0.398. The summed E-state index contributed by atoms with van der Waals surface area (Å²) in [5.74, 6) is 0. The smallest absolute Gasteiger partial charge is 0.211 e. The van der Waals surface area contributed by atoms with E-state index in [-0.39, 0.29) is 0 Å². The van der Waals surface area contributed by atoms with Crippen molar-refractivity contribution in [2.24, 2.45) is 0 Å². The van der Waals surface area contributed by atoms with E-state index in [1.54, 1.807) is 13.0 Å². The molecule has 3 nitrogen and oxygen atoms in total. The number of likely N-dealkylation sites (N-methyl/N-ethyl adjacent to an activating group) is 1. The molecule has 60 valence electrons. The third kappa shape index (κ3) is 2.98. The molecule has 0 saturated heterocycles. The standard InChI is InChI=1S/C6H13NO2S/c1-4-6-7(5-2)10(3,8)9/h4H,1,5-6H2,2-3H3. The van der Waals surface area contributed by atoms with Gasteiger partial charge in [0.15, 0.2) is 0 Å². The fraction of sp³-hybridized carbons (Fsp3) is 0.667. The molecule has 0 spiro atoms. The number of hydrogen-bond acceptors (Lipinski definition) is 2. The van der Waals surface area contributed by atoms with Crippen molar-refractivity contribution >= 4 is 10.0 Å². The van der Waals surface area contributed by atoms with Gasteiger partial charge in [-0.25, -0.2) is 8.42 Å². The van der Waals surface area contributed by atoms with E-state index in [1.807, 2.05) is 0 Å². The summed E-state index contributed by atoms with van der Waals surface area (Å²) in [5.41, 5.74) is 0. The predicted octanol–water partition coefficient (Wildman–Crippen LogP) is 0.454. The second-order valence-electron chi connectivity index (χ2n) is 2.00. The largest absolute Gasteiger partial charge is 0.212 e. The number of nitrogens with zero attached hydrogens (tertiary/aromatic N) is 1. The van der Waals surface area contributed by atoms with Crippen molar-refractivity contribution in [2.45, 2.75) is 6.92 Å². The zero-order chi connectivity index (χ0) is 8.20. The Labute approximate surface area is 62.4 Å². The Kier molecular flexibility index (Phi) is 3.60. The summed E-state index contributed by atoms with van der Waals surface area (Å²) in [6, 6.07) is 0. The number of rotatable bonds is 4. The van der Waals surface area contributed by atoms with E-state index in [4.69, 9.17) is 0 Å². The van der Waals surface area contributed by atoms with E-state index in [1.165, 1.54) is 10.6 Å². The van der Waals surface area contributed by atoms with Gasteiger partial charge in [-0.1, -0.05) is 13.0 Å². The Morgan fingerprint density at radius 2 is 2.10 bits per heavy atom. The number of hydrogen-bond donors (Lipinski definition) is 0. The van der Waals surface area contributed by atoms with Crippen molar-refractivity contribution < 1.29 is 8.42 Å². The quantitative estimate of drug-likeness (QED) is 0.564. The molecule has 0 radical (unpaired) electrons. The van der Waals surface area contributed by atoms with Crippen molar-refractivity contribution in [3.05, 3.63) is 12.7 Å². The summed E-state index contributed by atoms with van der Waals surface area (Å²) in [6.07, 6.45) is 2.77. The van der Waals surface area contributed by atoms with Crippen LogP contribution in [-0.2, 0) is 10.0 Å². The van der Waals surface area contributed by atoms with Gasteiger partial charge in [-0.15, -0.1) is 6.58 Å². The summed E-state index contributed by atoms with van der Waals surface area (Å²) < 4.78 is 23.0. The molecule has 10 heavy (non-hydrogen) atoms. The molecule has 0 saturated carbocycles. The van der Waals surface area contributed by atoms with Crippen LogP contribution in [0.2, 0.25) is 0 Å². The van der Waals surface area contributed by atoms with Crippen molar-refractivity contribution in [3.63, 3.8) is 0 Å². The summed E-state index contributed by atoms with van der Waals surface area (Å²) in [4.78, 5) is 0. The summed E-state index contributed by atoms with van der Waals surface area (Å²) in [5, 5.41) is 0. The third-order valence-corrected chi connectivity index (χ3v) is 2.50. The first-order chi connectivity index (χ1) is 4.52. The van der Waals surface area contributed by atoms with Gasteiger partial charge in [0.2, 0.25) is 10.0 Å². The topological polar surface area (TPSA) is 37.4 Å². The van der Waals surface area contributed by atoms with Crippen LogP contribution in [0.1, 0.15) is 6.92 Å². The van der Waals surface area contributed by atoms with Crippen LogP contribution in [0.4, 0.5) is 0 Å². The maximum Gasteiger partial charge on any atom is 0.211 e. The van der Waals surface area contributed by atoms with Gasteiger partial charge < -0.3 is 0 Å². The van der Waals surface area contributed by atoms with E-state index in [2.05, 4.69) is 6.58 Å². The Morgan fingerprint density at radius 3 is 2.20 bits per heavy atom. The molecule has 0 bridgehead atoms. The van der Waals surface area contributed by atoms with Gasteiger partial charge in [-0.3, -0.25) is 0 Å². The van der Waals surface area contributed by atoms with Crippen LogP contribution < -0.4 is 0 Å². The summed E-state index contributed by atoms with van der Waals surface area (Å²) in [6.45, 7) is 6.15. The van der Waals surface area contributed by atoms with E-state index in [9.17, 15) is 8.42 Å². The van der Waals surface area contributed by atoms with Crippen LogP contribution in [0.25, 0.3) is 0 Å². The second kappa shape index (κ2) is 3.73. The average molecular weight is 163 g/mol. The fourth-order valence-electron chi connectivity index (χ4n) is 0.643. The Morgan fingerprint density at radius 1 is 1.60 bits per heavy atom. The minimum Gasteiger partial charge on any atom is -0.212 e. The minimum atomic E-state index is -3.02. The van der Waals surface area contributed by atoms with Crippen molar-refractivity contribution in [2.75, 3.05) is 19.3 Å². The Bertz CT molecular complexity index is 196. The average Bonchev–Trinajstić information content (AvgIpc) is 1.80. The lowest BCUT2D eigenvalue weighted by atomic mass is 10.6. The zero-order valence-electron chi connectivity index (χ0n) is 6.37. The molecule has 4 heteroatoms. The highest BCUT2D eigenvalue weighted by atomic mass is 32.2. The zero-order valence-corrected chi connectivity index (χ0v) is 7.19. The predicted molar refractivity (Wildman–Crippen MR) is 42.3 cm³/mol. The number of sulfonamides is 1. The first-order valence-corrected chi connectivity index (χ1v) is 4.93. The molecular formula is C6H13NO2S. The van der Waals surface area contributed by atoms with Crippen molar-refractivity contribution in [1.29, 1.82) is 0 Å². The summed E-state index contributed by atoms with van der Waals surface area (Å²) >= 11 is 0. The molecule has 0 rings (SSSR count). The molecule has 0 aromatic carbocycles. The first-order valence-electron chi connectivity index (χ1n) is 3.08. The first kappa shape index (κ1) is 9.65. The molecule has 0 amide bonds. The molecule has 0 aromatic rings. The summed E-state index contributed by atoms with van der Waals surface area (Å²) in [7, 11) is -3.02. The lowest BCUT2D eigenvalue weighted by molar-refractivity contribution is 0.465. The molecule has 0 atom stereocenters. The molecule has 0 N–H and O–H groups in total. The second-order valence-corrected chi connectivity index (χ2v) is 3.98. The Hall–Kier alpha value is -0.350. The molecule has 0 aliphatic rings. The van der Waals surface area contributed by atoms with Crippen molar-refractivity contribution in [1.82, 2.24) is 4.31 Å². The Balaban J connectivity index is 4.22. The van der Waals surface area contributed by atoms with Gasteiger partial charge in [0.05, 0.1) is 6.26 Å². The molecule has 0 aliphatic carbocycles. The maximum atomic E-state index is 10.8. The lowest BCUT2D eigenvalue weighted by Gasteiger charge is -2.14. The normalized spacial score (nSPS) is 11.9. The molecule has 0 unspecified atom stereocenters. The van der Waals surface area contributed by atoms with Crippen LogP contribution in [-0.4, -0.2) is 32.1 Å². The van der Waals surface area contributed by atoms with E-state index < -0.39 is 10.0 Å². The molecule has 0 aliphatic heterocycles. The SMILES string of the molecule is C=CCN(CC)S(C)(=O)=O. The van der Waals surface area contributed by atoms with E-state index in [0.29, 0.717) is 13.1 Å². The molecule has 0 heterocycles. The highest BCUT2D eigenvalue weighted by molar-refractivity contribution is 7.88. The van der Waals surface area contributed by atoms with Crippen LogP contribution in [0.15, 0.2) is 12.7 Å². The highest BCUT2D eigenvalue weighted by Gasteiger charge is 2.10. The highest BCUT2D eigenvalue weighted by Crippen LogP contribution is 1.95. The maximum absolute atomic E-state index is 10.8.